The molecule has 0 N–H and O–H groups in total. The molecule has 0 bridgehead atoms. The zero-order valence-corrected chi connectivity index (χ0v) is 9.31. The van der Waals surface area contributed by atoms with Crippen molar-refractivity contribution in [1.29, 1.82) is 0 Å². The van der Waals surface area contributed by atoms with Crippen molar-refractivity contribution in [2.75, 3.05) is 6.79 Å². The summed E-state index contributed by atoms with van der Waals surface area (Å²) in [5.74, 6) is 1.67. The second-order valence-corrected chi connectivity index (χ2v) is 3.91. The summed E-state index contributed by atoms with van der Waals surface area (Å²) in [4.78, 5) is 0. The number of rotatable bonds is 1. The van der Waals surface area contributed by atoms with E-state index in [2.05, 4.69) is 31.9 Å². The molecular weight excluding hydrogens is 288 g/mol. The van der Waals surface area contributed by atoms with Crippen molar-refractivity contribution < 1.29 is 9.47 Å². The molecule has 1 aromatic rings. The minimum absolute atomic E-state index is 0.325. The van der Waals surface area contributed by atoms with Gasteiger partial charge in [0.05, 0.1) is 0 Å². The van der Waals surface area contributed by atoms with E-state index in [4.69, 9.17) is 9.47 Å². The van der Waals surface area contributed by atoms with Gasteiger partial charge in [-0.3, -0.25) is 0 Å². The number of ether oxygens (including phenoxy) is 2. The Kier molecular flexibility index (Phi) is 2.28. The first kappa shape index (κ1) is 8.38. The van der Waals surface area contributed by atoms with Gasteiger partial charge < -0.3 is 9.47 Å². The summed E-state index contributed by atoms with van der Waals surface area (Å²) in [7, 11) is 0. The largest absolute Gasteiger partial charge is 0.454 e. The predicted molar refractivity (Wildman–Crippen MR) is 52.9 cm³/mol. The van der Waals surface area contributed by atoms with Crippen molar-refractivity contribution in [2.45, 2.75) is 5.33 Å². The van der Waals surface area contributed by atoms with Gasteiger partial charge in [0.15, 0.2) is 11.5 Å². The molecule has 0 aliphatic carbocycles. The van der Waals surface area contributed by atoms with Gasteiger partial charge in [-0.1, -0.05) is 31.9 Å². The predicted octanol–water partition coefficient (Wildman–Crippen LogP) is 3.07. The molecule has 0 amide bonds. The fourth-order valence-electron chi connectivity index (χ4n) is 1.14. The van der Waals surface area contributed by atoms with Crippen LogP contribution in [0.5, 0.6) is 11.5 Å². The fraction of sp³-hybridized carbons (Fsp3) is 0.250. The monoisotopic (exact) mass is 292 g/mol. The normalized spacial score (nSPS) is 13.5. The lowest BCUT2D eigenvalue weighted by Crippen LogP contribution is -1.93. The number of halogens is 2. The van der Waals surface area contributed by atoms with Gasteiger partial charge in [-0.05, 0) is 12.1 Å². The molecule has 0 fully saturated rings. The van der Waals surface area contributed by atoms with Gasteiger partial charge in [-0.15, -0.1) is 0 Å². The maximum absolute atomic E-state index is 5.30. The summed E-state index contributed by atoms with van der Waals surface area (Å²) in [6, 6.07) is 3.93. The maximum atomic E-state index is 5.30. The van der Waals surface area contributed by atoms with Gasteiger partial charge in [0.25, 0.3) is 0 Å². The third-order valence-electron chi connectivity index (χ3n) is 1.66. The zero-order chi connectivity index (χ0) is 8.55. The van der Waals surface area contributed by atoms with Gasteiger partial charge in [-0.25, -0.2) is 0 Å². The van der Waals surface area contributed by atoms with Crippen LogP contribution < -0.4 is 9.47 Å². The molecule has 2 nitrogen and oxygen atoms in total. The molecule has 0 atom stereocenters. The molecule has 4 heteroatoms. The third-order valence-corrected chi connectivity index (χ3v) is 2.72. The molecule has 0 radical (unpaired) electrons. The van der Waals surface area contributed by atoms with Crippen molar-refractivity contribution >= 4 is 31.9 Å². The molecule has 0 aromatic heterocycles. The molecule has 12 heavy (non-hydrogen) atoms. The van der Waals surface area contributed by atoms with Crippen LogP contribution in [0.1, 0.15) is 5.56 Å². The Hall–Kier alpha value is -0.220. The number of fused-ring (bicyclic) bond motifs is 1. The number of alkyl halides is 1. The first-order chi connectivity index (χ1) is 5.81. The highest BCUT2D eigenvalue weighted by molar-refractivity contribution is 9.10. The molecular formula is C8H6Br2O2. The lowest BCUT2D eigenvalue weighted by molar-refractivity contribution is 0.173. The van der Waals surface area contributed by atoms with Crippen molar-refractivity contribution in [3.63, 3.8) is 0 Å². The van der Waals surface area contributed by atoms with Gasteiger partial charge in [-0.2, -0.15) is 0 Å². The Labute approximate surface area is 87.1 Å². The maximum Gasteiger partial charge on any atom is 0.231 e. The van der Waals surface area contributed by atoms with Crippen LogP contribution >= 0.6 is 31.9 Å². The fourth-order valence-corrected chi connectivity index (χ4v) is 2.05. The minimum atomic E-state index is 0.325. The summed E-state index contributed by atoms with van der Waals surface area (Å²) < 4.78 is 11.6. The van der Waals surface area contributed by atoms with Crippen molar-refractivity contribution in [3.05, 3.63) is 22.2 Å². The van der Waals surface area contributed by atoms with Crippen molar-refractivity contribution in [2.24, 2.45) is 0 Å². The van der Waals surface area contributed by atoms with E-state index in [0.717, 1.165) is 26.9 Å². The lowest BCUT2D eigenvalue weighted by atomic mass is 10.2. The van der Waals surface area contributed by atoms with Crippen LogP contribution in [0, 0.1) is 0 Å². The van der Waals surface area contributed by atoms with E-state index in [0.29, 0.717) is 6.79 Å². The number of hydrogen-bond donors (Lipinski definition) is 0. The van der Waals surface area contributed by atoms with Crippen molar-refractivity contribution in [3.8, 4) is 11.5 Å². The molecule has 1 aromatic carbocycles. The molecule has 2 rings (SSSR count). The zero-order valence-electron chi connectivity index (χ0n) is 6.14. The molecule has 1 heterocycles. The quantitative estimate of drug-likeness (QED) is 0.741. The van der Waals surface area contributed by atoms with Gasteiger partial charge >= 0.3 is 0 Å². The Morgan fingerprint density at radius 1 is 1.33 bits per heavy atom. The van der Waals surface area contributed by atoms with Crippen LogP contribution in [0.15, 0.2) is 16.6 Å². The van der Waals surface area contributed by atoms with Crippen LogP contribution in [0.3, 0.4) is 0 Å². The summed E-state index contributed by atoms with van der Waals surface area (Å²) >= 11 is 6.79. The minimum Gasteiger partial charge on any atom is -0.454 e. The van der Waals surface area contributed by atoms with Crippen LogP contribution in [-0.4, -0.2) is 6.79 Å². The average Bonchev–Trinajstić information content (AvgIpc) is 2.50. The average molecular weight is 294 g/mol. The van der Waals surface area contributed by atoms with Crippen LogP contribution in [0.4, 0.5) is 0 Å². The van der Waals surface area contributed by atoms with Gasteiger partial charge in [0.2, 0.25) is 6.79 Å². The Balaban J connectivity index is 2.55. The standard InChI is InChI=1S/C8H6Br2O2/c9-3-5-1-6(10)2-7-8(5)12-4-11-7/h1-2H,3-4H2. The molecule has 64 valence electrons. The number of benzene rings is 1. The van der Waals surface area contributed by atoms with Crippen LogP contribution in [0.2, 0.25) is 0 Å². The molecule has 1 aliphatic rings. The highest BCUT2D eigenvalue weighted by Crippen LogP contribution is 2.39. The SMILES string of the molecule is BrCc1cc(Br)cc2c1OCO2. The highest BCUT2D eigenvalue weighted by atomic mass is 79.9. The van der Waals surface area contributed by atoms with Crippen LogP contribution in [0.25, 0.3) is 0 Å². The second-order valence-electron chi connectivity index (χ2n) is 2.43. The van der Waals surface area contributed by atoms with Gasteiger partial charge in [0.1, 0.15) is 0 Å². The Morgan fingerprint density at radius 2 is 2.17 bits per heavy atom. The molecule has 0 spiro atoms. The second kappa shape index (κ2) is 3.26. The molecule has 0 saturated carbocycles. The highest BCUT2D eigenvalue weighted by Gasteiger charge is 2.17. The molecule has 0 unspecified atom stereocenters. The molecule has 0 saturated heterocycles. The first-order valence-corrected chi connectivity index (χ1v) is 5.36. The van der Waals surface area contributed by atoms with Gasteiger partial charge in [0, 0.05) is 15.4 Å². The summed E-state index contributed by atoms with van der Waals surface area (Å²) in [6.45, 7) is 0.325. The summed E-state index contributed by atoms with van der Waals surface area (Å²) in [5, 5.41) is 0.776. The smallest absolute Gasteiger partial charge is 0.231 e. The lowest BCUT2D eigenvalue weighted by Gasteiger charge is -2.02. The summed E-state index contributed by atoms with van der Waals surface area (Å²) in [6.07, 6.45) is 0. The van der Waals surface area contributed by atoms with E-state index in [1.165, 1.54) is 0 Å². The van der Waals surface area contributed by atoms with E-state index in [9.17, 15) is 0 Å². The Bertz CT molecular complexity index is 312. The van der Waals surface area contributed by atoms with Crippen LogP contribution in [-0.2, 0) is 5.33 Å². The third kappa shape index (κ3) is 1.33. The number of hydrogen-bond acceptors (Lipinski definition) is 2. The molecule has 1 aliphatic heterocycles. The summed E-state index contributed by atoms with van der Waals surface area (Å²) in [5.41, 5.74) is 1.11. The van der Waals surface area contributed by atoms with E-state index in [1.54, 1.807) is 0 Å². The van der Waals surface area contributed by atoms with E-state index >= 15 is 0 Å². The Morgan fingerprint density at radius 3 is 2.92 bits per heavy atom. The van der Waals surface area contributed by atoms with E-state index in [-0.39, 0.29) is 0 Å². The van der Waals surface area contributed by atoms with Crippen molar-refractivity contribution in [1.82, 2.24) is 0 Å². The van der Waals surface area contributed by atoms with E-state index in [1.807, 2.05) is 12.1 Å². The topological polar surface area (TPSA) is 18.5 Å². The first-order valence-electron chi connectivity index (χ1n) is 3.45. The van der Waals surface area contributed by atoms with E-state index < -0.39 is 0 Å².